The highest BCUT2D eigenvalue weighted by Crippen LogP contribution is 2.22. The van der Waals surface area contributed by atoms with Crippen LogP contribution in [0.15, 0.2) is 36.7 Å². The number of rotatable bonds is 4. The van der Waals surface area contributed by atoms with Gasteiger partial charge in [0.15, 0.2) is 0 Å². The van der Waals surface area contributed by atoms with Gasteiger partial charge >= 0.3 is 0 Å². The Morgan fingerprint density at radius 2 is 2.09 bits per heavy atom. The number of nitrogens with zero attached hydrogens (tertiary/aromatic N) is 3. The highest BCUT2D eigenvalue weighted by Gasteiger charge is 2.09. The van der Waals surface area contributed by atoms with E-state index in [-0.39, 0.29) is 5.88 Å². The maximum Gasteiger partial charge on any atom is 0.255 e. The number of pyridine rings is 1. The van der Waals surface area contributed by atoms with E-state index in [2.05, 4.69) is 20.3 Å². The quantitative estimate of drug-likeness (QED) is 0.802. The predicted molar refractivity (Wildman–Crippen MR) is 82.3 cm³/mol. The molecule has 0 atom stereocenters. The van der Waals surface area contributed by atoms with Crippen molar-refractivity contribution in [3.8, 4) is 5.88 Å². The van der Waals surface area contributed by atoms with Crippen LogP contribution in [0.25, 0.3) is 10.9 Å². The van der Waals surface area contributed by atoms with Crippen LogP contribution in [-0.4, -0.2) is 22.1 Å². The molecule has 2 heterocycles. The third-order valence-corrected chi connectivity index (χ3v) is 3.46. The number of fused-ring (bicyclic) bond motifs is 1. The fourth-order valence-electron chi connectivity index (χ4n) is 2.30. The number of methoxy groups -OCH3 is 1. The smallest absolute Gasteiger partial charge is 0.255 e. The molecule has 0 radical (unpaired) electrons. The van der Waals surface area contributed by atoms with E-state index in [1.54, 1.807) is 6.20 Å². The van der Waals surface area contributed by atoms with Crippen LogP contribution >= 0.6 is 0 Å². The molecular formula is C16H15FN4O. The van der Waals surface area contributed by atoms with Crippen molar-refractivity contribution in [2.75, 3.05) is 12.4 Å². The second-order valence-electron chi connectivity index (χ2n) is 4.84. The SMILES string of the molecule is COc1nc(NCc2c(C)ccc3ncccc23)ncc1F. The molecule has 0 unspecified atom stereocenters. The molecule has 3 aromatic rings. The largest absolute Gasteiger partial charge is 0.479 e. The zero-order valence-electron chi connectivity index (χ0n) is 12.3. The van der Waals surface area contributed by atoms with Gasteiger partial charge in [-0.05, 0) is 30.2 Å². The summed E-state index contributed by atoms with van der Waals surface area (Å²) in [7, 11) is 1.37. The van der Waals surface area contributed by atoms with Gasteiger partial charge in [-0.25, -0.2) is 4.98 Å². The lowest BCUT2D eigenvalue weighted by Gasteiger charge is -2.11. The molecule has 3 rings (SSSR count). The van der Waals surface area contributed by atoms with E-state index >= 15 is 0 Å². The van der Waals surface area contributed by atoms with Crippen LogP contribution in [0.1, 0.15) is 11.1 Å². The van der Waals surface area contributed by atoms with Crippen molar-refractivity contribution >= 4 is 16.9 Å². The van der Waals surface area contributed by atoms with Crippen LogP contribution in [0, 0.1) is 12.7 Å². The molecule has 6 heteroatoms. The molecule has 0 aliphatic carbocycles. The fraction of sp³-hybridized carbons (Fsp3) is 0.188. The minimum atomic E-state index is -0.585. The number of halogens is 1. The molecule has 1 N–H and O–H groups in total. The molecule has 0 amide bonds. The molecule has 1 aromatic carbocycles. The van der Waals surface area contributed by atoms with Crippen LogP contribution in [-0.2, 0) is 6.54 Å². The van der Waals surface area contributed by atoms with Crippen LogP contribution in [0.2, 0.25) is 0 Å². The lowest BCUT2D eigenvalue weighted by atomic mass is 10.0. The Labute approximate surface area is 127 Å². The van der Waals surface area contributed by atoms with Gasteiger partial charge in [0.25, 0.3) is 5.88 Å². The first kappa shape index (κ1) is 14.2. The van der Waals surface area contributed by atoms with Gasteiger partial charge < -0.3 is 10.1 Å². The molecule has 22 heavy (non-hydrogen) atoms. The van der Waals surface area contributed by atoms with Gasteiger partial charge in [0, 0.05) is 18.1 Å². The third-order valence-electron chi connectivity index (χ3n) is 3.46. The number of hydrogen-bond donors (Lipinski definition) is 1. The Bertz CT molecular complexity index is 822. The Morgan fingerprint density at radius 3 is 2.91 bits per heavy atom. The highest BCUT2D eigenvalue weighted by molar-refractivity contribution is 5.83. The summed E-state index contributed by atoms with van der Waals surface area (Å²) < 4.78 is 18.2. The maximum atomic E-state index is 13.3. The first-order chi connectivity index (χ1) is 10.7. The molecule has 0 aliphatic heterocycles. The number of hydrogen-bond acceptors (Lipinski definition) is 5. The topological polar surface area (TPSA) is 59.9 Å². The van der Waals surface area contributed by atoms with Crippen molar-refractivity contribution in [3.63, 3.8) is 0 Å². The average Bonchev–Trinajstić information content (AvgIpc) is 2.55. The summed E-state index contributed by atoms with van der Waals surface area (Å²) in [6.07, 6.45) is 2.86. The van der Waals surface area contributed by atoms with Crippen molar-refractivity contribution in [3.05, 3.63) is 53.6 Å². The predicted octanol–water partition coefficient (Wildman–Crippen LogP) is 3.09. The van der Waals surface area contributed by atoms with Crippen LogP contribution in [0.4, 0.5) is 10.3 Å². The second kappa shape index (κ2) is 5.93. The Balaban J connectivity index is 1.89. The van der Waals surface area contributed by atoms with Crippen molar-refractivity contribution < 1.29 is 9.13 Å². The van der Waals surface area contributed by atoms with E-state index in [4.69, 9.17) is 4.74 Å². The zero-order chi connectivity index (χ0) is 15.5. The lowest BCUT2D eigenvalue weighted by Crippen LogP contribution is -2.07. The van der Waals surface area contributed by atoms with E-state index in [1.807, 2.05) is 31.2 Å². The Kier molecular flexibility index (Phi) is 3.82. The van der Waals surface area contributed by atoms with E-state index in [0.717, 1.165) is 28.2 Å². The highest BCUT2D eigenvalue weighted by atomic mass is 19.1. The first-order valence-corrected chi connectivity index (χ1v) is 6.82. The Morgan fingerprint density at radius 1 is 1.23 bits per heavy atom. The van der Waals surface area contributed by atoms with E-state index in [0.29, 0.717) is 12.5 Å². The Hall–Kier alpha value is -2.76. The number of aryl methyl sites for hydroxylation is 1. The molecule has 0 aliphatic rings. The minimum Gasteiger partial charge on any atom is -0.479 e. The first-order valence-electron chi connectivity index (χ1n) is 6.82. The molecule has 0 spiro atoms. The van der Waals surface area contributed by atoms with Crippen molar-refractivity contribution in [2.24, 2.45) is 0 Å². The average molecular weight is 298 g/mol. The van der Waals surface area contributed by atoms with E-state index < -0.39 is 5.82 Å². The summed E-state index contributed by atoms with van der Waals surface area (Å²) in [5.41, 5.74) is 3.18. The molecule has 2 aromatic heterocycles. The second-order valence-corrected chi connectivity index (χ2v) is 4.84. The molecule has 0 bridgehead atoms. The number of nitrogens with one attached hydrogen (secondary N) is 1. The third kappa shape index (κ3) is 2.67. The minimum absolute atomic E-state index is 0.0752. The van der Waals surface area contributed by atoms with Gasteiger partial charge in [-0.1, -0.05) is 12.1 Å². The maximum absolute atomic E-state index is 13.3. The molecule has 5 nitrogen and oxygen atoms in total. The van der Waals surface area contributed by atoms with Crippen molar-refractivity contribution in [1.82, 2.24) is 15.0 Å². The molecule has 0 saturated heterocycles. The number of benzene rings is 1. The van der Waals surface area contributed by atoms with Crippen molar-refractivity contribution in [1.29, 1.82) is 0 Å². The van der Waals surface area contributed by atoms with Crippen LogP contribution in [0.5, 0.6) is 5.88 Å². The van der Waals surface area contributed by atoms with Crippen LogP contribution < -0.4 is 10.1 Å². The van der Waals surface area contributed by atoms with Gasteiger partial charge in [-0.15, -0.1) is 0 Å². The fourth-order valence-corrected chi connectivity index (χ4v) is 2.30. The van der Waals surface area contributed by atoms with Crippen LogP contribution in [0.3, 0.4) is 0 Å². The zero-order valence-corrected chi connectivity index (χ0v) is 12.3. The number of anilines is 1. The standard InChI is InChI=1S/C16H15FN4O/c1-10-5-6-14-11(4-3-7-18-14)12(10)8-19-16-20-9-13(17)15(21-16)22-2/h3-7,9H,8H2,1-2H3,(H,19,20,21). The molecule has 112 valence electrons. The van der Waals surface area contributed by atoms with Gasteiger partial charge in [0.2, 0.25) is 11.8 Å². The van der Waals surface area contributed by atoms with Gasteiger partial charge in [0.05, 0.1) is 18.8 Å². The summed E-state index contributed by atoms with van der Waals surface area (Å²) in [5.74, 6) is -0.342. The molecule has 0 saturated carbocycles. The van der Waals surface area contributed by atoms with Gasteiger partial charge in [-0.2, -0.15) is 9.37 Å². The normalized spacial score (nSPS) is 10.7. The summed E-state index contributed by atoms with van der Waals surface area (Å²) in [6, 6.07) is 7.95. The summed E-state index contributed by atoms with van der Waals surface area (Å²) >= 11 is 0. The van der Waals surface area contributed by atoms with Crippen molar-refractivity contribution in [2.45, 2.75) is 13.5 Å². The number of ether oxygens (including phenoxy) is 1. The van der Waals surface area contributed by atoms with E-state index in [1.165, 1.54) is 7.11 Å². The summed E-state index contributed by atoms with van der Waals surface area (Å²) in [6.45, 7) is 2.55. The van der Waals surface area contributed by atoms with Gasteiger partial charge in [-0.3, -0.25) is 4.98 Å². The monoisotopic (exact) mass is 298 g/mol. The molecule has 0 fully saturated rings. The summed E-state index contributed by atoms with van der Waals surface area (Å²) in [4.78, 5) is 12.2. The number of aromatic nitrogens is 3. The van der Waals surface area contributed by atoms with Gasteiger partial charge in [0.1, 0.15) is 0 Å². The van der Waals surface area contributed by atoms with E-state index in [9.17, 15) is 4.39 Å². The lowest BCUT2D eigenvalue weighted by molar-refractivity contribution is 0.368. The molecular weight excluding hydrogens is 283 g/mol. The summed E-state index contributed by atoms with van der Waals surface area (Å²) in [5, 5.41) is 4.17.